The second-order valence-electron chi connectivity index (χ2n) is 3.84. The summed E-state index contributed by atoms with van der Waals surface area (Å²) in [6, 6.07) is 0. The summed E-state index contributed by atoms with van der Waals surface area (Å²) in [6.07, 6.45) is 1.19. The average Bonchev–Trinajstić information content (AvgIpc) is 2.28. The first-order valence-electron chi connectivity index (χ1n) is 5.57. The predicted octanol–water partition coefficient (Wildman–Crippen LogP) is 0.577. The van der Waals surface area contributed by atoms with Gasteiger partial charge in [0.15, 0.2) is 12.2 Å². The van der Waals surface area contributed by atoms with Gasteiger partial charge in [0.05, 0.1) is 6.61 Å². The van der Waals surface area contributed by atoms with E-state index in [1.54, 1.807) is 0 Å². The van der Waals surface area contributed by atoms with Gasteiger partial charge >= 0.3 is 17.9 Å². The zero-order chi connectivity index (χ0) is 12.8. The molecule has 2 aliphatic rings. The second kappa shape index (κ2) is 6.22. The Balaban J connectivity index is 0.000000181. The highest BCUT2D eigenvalue weighted by atomic mass is 16.6. The lowest BCUT2D eigenvalue weighted by atomic mass is 10.2. The summed E-state index contributed by atoms with van der Waals surface area (Å²) in [6.45, 7) is 3.59. The van der Waals surface area contributed by atoms with Gasteiger partial charge in [-0.2, -0.15) is 0 Å². The fraction of sp³-hybridized carbons (Fsp3) is 0.727. The van der Waals surface area contributed by atoms with Gasteiger partial charge in [-0.25, -0.2) is 9.59 Å². The molecule has 0 aromatic rings. The molecular weight excluding hydrogens is 228 g/mol. The van der Waals surface area contributed by atoms with Crippen molar-refractivity contribution in [2.45, 2.75) is 45.3 Å². The Bertz CT molecular complexity index is 283. The molecule has 6 heteroatoms. The number of hydrogen-bond donors (Lipinski definition) is 0. The van der Waals surface area contributed by atoms with Gasteiger partial charge < -0.3 is 14.2 Å². The van der Waals surface area contributed by atoms with Crippen LogP contribution in [0, 0.1) is 0 Å². The average molecular weight is 244 g/mol. The van der Waals surface area contributed by atoms with Crippen molar-refractivity contribution in [1.82, 2.24) is 0 Å². The highest BCUT2D eigenvalue weighted by Crippen LogP contribution is 2.08. The molecule has 0 aliphatic carbocycles. The number of ether oxygens (including phenoxy) is 3. The number of rotatable bonds is 0. The molecule has 6 nitrogen and oxygen atoms in total. The van der Waals surface area contributed by atoms with Crippen LogP contribution in [0.25, 0.3) is 0 Å². The lowest BCUT2D eigenvalue weighted by Crippen LogP contribution is -2.40. The molecule has 0 N–H and O–H groups in total. The third-order valence-electron chi connectivity index (χ3n) is 2.29. The first-order chi connectivity index (χ1) is 8.00. The van der Waals surface area contributed by atoms with Crippen LogP contribution < -0.4 is 0 Å². The zero-order valence-electron chi connectivity index (χ0n) is 9.93. The molecule has 0 aromatic carbocycles. The van der Waals surface area contributed by atoms with Gasteiger partial charge in [0.1, 0.15) is 0 Å². The molecule has 2 rings (SSSR count). The number of hydrogen-bond acceptors (Lipinski definition) is 6. The van der Waals surface area contributed by atoms with Crippen LogP contribution in [0.3, 0.4) is 0 Å². The SMILES string of the molecule is CC1OC(=O)C(C)OC1=O.O=C1CCCCO1. The molecule has 2 heterocycles. The number of cyclic esters (lactones) is 3. The second-order valence-corrected chi connectivity index (χ2v) is 3.84. The van der Waals surface area contributed by atoms with Gasteiger partial charge in [-0.1, -0.05) is 0 Å². The normalized spacial score (nSPS) is 28.2. The number of carbonyl (C=O) groups is 3. The minimum absolute atomic E-state index is 0.0359. The van der Waals surface area contributed by atoms with E-state index < -0.39 is 24.1 Å². The van der Waals surface area contributed by atoms with Crippen molar-refractivity contribution in [3.63, 3.8) is 0 Å². The van der Waals surface area contributed by atoms with E-state index in [2.05, 4.69) is 14.2 Å². The zero-order valence-corrected chi connectivity index (χ0v) is 9.93. The minimum Gasteiger partial charge on any atom is -0.466 e. The number of esters is 3. The third kappa shape index (κ3) is 4.42. The molecule has 2 fully saturated rings. The van der Waals surface area contributed by atoms with Crippen LogP contribution in [0.15, 0.2) is 0 Å². The highest BCUT2D eigenvalue weighted by molar-refractivity contribution is 5.86. The van der Waals surface area contributed by atoms with E-state index >= 15 is 0 Å². The van der Waals surface area contributed by atoms with Crippen LogP contribution in [-0.4, -0.2) is 36.7 Å². The molecule has 2 aliphatic heterocycles. The van der Waals surface area contributed by atoms with Gasteiger partial charge in [0.2, 0.25) is 0 Å². The fourth-order valence-electron chi connectivity index (χ4n) is 1.27. The van der Waals surface area contributed by atoms with E-state index in [0.717, 1.165) is 12.8 Å². The van der Waals surface area contributed by atoms with Gasteiger partial charge in [-0.3, -0.25) is 4.79 Å². The highest BCUT2D eigenvalue weighted by Gasteiger charge is 2.32. The largest absolute Gasteiger partial charge is 0.466 e. The first-order valence-corrected chi connectivity index (χ1v) is 5.57. The van der Waals surface area contributed by atoms with Crippen molar-refractivity contribution >= 4 is 17.9 Å². The monoisotopic (exact) mass is 244 g/mol. The lowest BCUT2D eigenvalue weighted by molar-refractivity contribution is -0.191. The van der Waals surface area contributed by atoms with Gasteiger partial charge in [-0.05, 0) is 26.7 Å². The Labute approximate surface area is 99.2 Å². The van der Waals surface area contributed by atoms with Crippen LogP contribution in [0.4, 0.5) is 0 Å². The van der Waals surface area contributed by atoms with Crippen LogP contribution in [0.2, 0.25) is 0 Å². The minimum atomic E-state index is -0.747. The van der Waals surface area contributed by atoms with Gasteiger partial charge in [0.25, 0.3) is 0 Å². The van der Waals surface area contributed by atoms with E-state index in [4.69, 9.17) is 0 Å². The summed E-state index contributed by atoms with van der Waals surface area (Å²) in [5.41, 5.74) is 0. The summed E-state index contributed by atoms with van der Waals surface area (Å²) in [4.78, 5) is 31.5. The third-order valence-corrected chi connectivity index (χ3v) is 2.29. The Morgan fingerprint density at radius 2 is 1.47 bits per heavy atom. The van der Waals surface area contributed by atoms with Crippen molar-refractivity contribution in [2.24, 2.45) is 0 Å². The Kier molecular flexibility index (Phi) is 4.93. The quantitative estimate of drug-likeness (QED) is 0.458. The van der Waals surface area contributed by atoms with Crippen LogP contribution in [-0.2, 0) is 28.6 Å². The fourth-order valence-corrected chi connectivity index (χ4v) is 1.27. The maximum atomic E-state index is 10.7. The van der Waals surface area contributed by atoms with Crippen molar-refractivity contribution in [2.75, 3.05) is 6.61 Å². The molecule has 0 amide bonds. The summed E-state index contributed by atoms with van der Waals surface area (Å²) in [5.74, 6) is -0.995. The Morgan fingerprint density at radius 3 is 1.76 bits per heavy atom. The summed E-state index contributed by atoms with van der Waals surface area (Å²) in [7, 11) is 0. The van der Waals surface area contributed by atoms with Crippen LogP contribution >= 0.6 is 0 Å². The smallest absolute Gasteiger partial charge is 0.347 e. The van der Waals surface area contributed by atoms with Crippen molar-refractivity contribution in [3.05, 3.63) is 0 Å². The molecular formula is C11H16O6. The molecule has 0 spiro atoms. The van der Waals surface area contributed by atoms with Crippen molar-refractivity contribution < 1.29 is 28.6 Å². The predicted molar refractivity (Wildman–Crippen MR) is 55.9 cm³/mol. The van der Waals surface area contributed by atoms with E-state index in [1.165, 1.54) is 13.8 Å². The maximum Gasteiger partial charge on any atom is 0.347 e. The molecule has 2 atom stereocenters. The number of carbonyl (C=O) groups excluding carboxylic acids is 3. The van der Waals surface area contributed by atoms with Gasteiger partial charge in [0, 0.05) is 6.42 Å². The molecule has 0 bridgehead atoms. The Hall–Kier alpha value is -1.59. The van der Waals surface area contributed by atoms with E-state index in [0.29, 0.717) is 13.0 Å². The molecule has 0 saturated carbocycles. The van der Waals surface area contributed by atoms with Crippen molar-refractivity contribution in [3.8, 4) is 0 Å². The Morgan fingerprint density at radius 1 is 0.941 bits per heavy atom. The van der Waals surface area contributed by atoms with E-state index in [9.17, 15) is 14.4 Å². The summed E-state index contributed by atoms with van der Waals surface area (Å²) in [5, 5.41) is 0. The van der Waals surface area contributed by atoms with Gasteiger partial charge in [-0.15, -0.1) is 0 Å². The summed E-state index contributed by atoms with van der Waals surface area (Å²) < 4.78 is 13.8. The summed E-state index contributed by atoms with van der Waals surface area (Å²) >= 11 is 0. The lowest BCUT2D eigenvalue weighted by Gasteiger charge is -2.22. The first kappa shape index (κ1) is 13.5. The molecule has 2 saturated heterocycles. The van der Waals surface area contributed by atoms with Crippen LogP contribution in [0.1, 0.15) is 33.1 Å². The van der Waals surface area contributed by atoms with E-state index in [1.807, 2.05) is 0 Å². The molecule has 0 radical (unpaired) electrons. The molecule has 17 heavy (non-hydrogen) atoms. The standard InChI is InChI=1S/C6H8O4.C5H8O2/c1-3-5(7)10-4(2)6(8)9-3;6-5-3-1-2-4-7-5/h3-4H,1-2H3;1-4H2. The maximum absolute atomic E-state index is 10.7. The molecule has 0 aromatic heterocycles. The molecule has 2 unspecified atom stereocenters. The van der Waals surface area contributed by atoms with Crippen molar-refractivity contribution in [1.29, 1.82) is 0 Å². The van der Waals surface area contributed by atoms with E-state index in [-0.39, 0.29) is 5.97 Å². The van der Waals surface area contributed by atoms with Crippen LogP contribution in [0.5, 0.6) is 0 Å². The molecule has 96 valence electrons. The topological polar surface area (TPSA) is 78.9 Å².